The van der Waals surface area contributed by atoms with Crippen LogP contribution in [0.1, 0.15) is 32.6 Å². The second kappa shape index (κ2) is 8.62. The minimum Gasteiger partial charge on any atom is -0.502 e. The molecule has 0 aliphatic carbocycles. The van der Waals surface area contributed by atoms with Crippen molar-refractivity contribution in [2.45, 2.75) is 32.6 Å². The number of ether oxygens (including phenoxy) is 2. The van der Waals surface area contributed by atoms with Crippen molar-refractivity contribution in [3.63, 3.8) is 0 Å². The van der Waals surface area contributed by atoms with Crippen LogP contribution < -0.4 is 14.9 Å². The van der Waals surface area contributed by atoms with E-state index in [0.29, 0.717) is 23.5 Å². The van der Waals surface area contributed by atoms with Crippen LogP contribution in [0.15, 0.2) is 51.7 Å². The molecule has 0 saturated heterocycles. The van der Waals surface area contributed by atoms with Crippen molar-refractivity contribution < 1.29 is 19.0 Å². The average Bonchev–Trinajstić information content (AvgIpc) is 2.71. The molecular formula is C22H24O5. The van der Waals surface area contributed by atoms with Crippen LogP contribution in [0.4, 0.5) is 0 Å². The zero-order valence-corrected chi connectivity index (χ0v) is 15.7. The van der Waals surface area contributed by atoms with Gasteiger partial charge in [0.15, 0.2) is 5.76 Å². The van der Waals surface area contributed by atoms with Crippen LogP contribution in [0.3, 0.4) is 0 Å². The Kier molecular flexibility index (Phi) is 6.01. The molecule has 0 atom stereocenters. The van der Waals surface area contributed by atoms with Gasteiger partial charge in [0.1, 0.15) is 17.1 Å². The highest BCUT2D eigenvalue weighted by Gasteiger charge is 2.16. The van der Waals surface area contributed by atoms with Crippen molar-refractivity contribution in [2.75, 3.05) is 13.7 Å². The number of benzene rings is 2. The van der Waals surface area contributed by atoms with Gasteiger partial charge in [0.05, 0.1) is 19.1 Å². The zero-order valence-electron chi connectivity index (χ0n) is 15.7. The minimum atomic E-state index is -0.485. The smallest absolute Gasteiger partial charge is 0.235 e. The number of hydrogen-bond donors (Lipinski definition) is 1. The SMILES string of the molecule is CCCCCCOc1ccc(-c2oc3ccc(OC)cc3c(=O)c2O)cc1. The molecule has 0 fully saturated rings. The topological polar surface area (TPSA) is 68.9 Å². The lowest BCUT2D eigenvalue weighted by molar-refractivity contribution is 0.305. The maximum atomic E-state index is 12.5. The molecule has 1 N–H and O–H groups in total. The summed E-state index contributed by atoms with van der Waals surface area (Å²) < 4.78 is 16.6. The minimum absolute atomic E-state index is 0.146. The molecule has 3 aromatic rings. The van der Waals surface area contributed by atoms with E-state index in [9.17, 15) is 9.90 Å². The molecule has 142 valence electrons. The molecule has 0 spiro atoms. The van der Waals surface area contributed by atoms with Crippen LogP contribution in [0, 0.1) is 0 Å². The molecule has 0 bridgehead atoms. The van der Waals surface area contributed by atoms with Gasteiger partial charge in [-0.2, -0.15) is 0 Å². The number of hydrogen-bond acceptors (Lipinski definition) is 5. The third-order valence-corrected chi connectivity index (χ3v) is 4.46. The molecule has 3 rings (SSSR count). The average molecular weight is 368 g/mol. The molecule has 0 aliphatic rings. The number of fused-ring (bicyclic) bond motifs is 1. The first-order valence-electron chi connectivity index (χ1n) is 9.21. The molecule has 27 heavy (non-hydrogen) atoms. The van der Waals surface area contributed by atoms with Gasteiger partial charge >= 0.3 is 0 Å². The number of unbranched alkanes of at least 4 members (excludes halogenated alkanes) is 3. The number of rotatable bonds is 8. The second-order valence-electron chi connectivity index (χ2n) is 6.40. The highest BCUT2D eigenvalue weighted by Crippen LogP contribution is 2.32. The van der Waals surface area contributed by atoms with E-state index in [0.717, 1.165) is 18.6 Å². The van der Waals surface area contributed by atoms with Gasteiger partial charge in [-0.05, 0) is 48.9 Å². The standard InChI is InChI=1S/C22H24O5/c1-3-4-5-6-13-26-16-9-7-15(8-10-16)22-21(24)20(23)18-14-17(25-2)11-12-19(18)27-22/h7-12,14,24H,3-6,13H2,1-2H3. The first kappa shape index (κ1) is 18.8. The zero-order chi connectivity index (χ0) is 19.2. The largest absolute Gasteiger partial charge is 0.502 e. The molecule has 5 nitrogen and oxygen atoms in total. The predicted octanol–water partition coefficient (Wildman–Crippen LogP) is 5.13. The third kappa shape index (κ3) is 4.25. The fourth-order valence-electron chi connectivity index (χ4n) is 2.91. The Bertz CT molecular complexity index is 957. The molecule has 0 saturated carbocycles. The molecule has 1 aromatic heterocycles. The third-order valence-electron chi connectivity index (χ3n) is 4.46. The van der Waals surface area contributed by atoms with E-state index in [1.165, 1.54) is 20.0 Å². The van der Waals surface area contributed by atoms with Crippen LogP contribution in [-0.4, -0.2) is 18.8 Å². The van der Waals surface area contributed by atoms with Crippen LogP contribution in [0.2, 0.25) is 0 Å². The fourth-order valence-corrected chi connectivity index (χ4v) is 2.91. The summed E-state index contributed by atoms with van der Waals surface area (Å²) in [4.78, 5) is 12.5. The van der Waals surface area contributed by atoms with Crippen molar-refractivity contribution in [1.29, 1.82) is 0 Å². The van der Waals surface area contributed by atoms with Gasteiger partial charge in [0, 0.05) is 5.56 Å². The highest BCUT2D eigenvalue weighted by molar-refractivity contribution is 5.83. The summed E-state index contributed by atoms with van der Waals surface area (Å²) in [5.41, 5.74) is 0.520. The maximum absolute atomic E-state index is 12.5. The van der Waals surface area contributed by atoms with Gasteiger partial charge in [-0.25, -0.2) is 0 Å². The van der Waals surface area contributed by atoms with Gasteiger partial charge in [-0.1, -0.05) is 26.2 Å². The lowest BCUT2D eigenvalue weighted by Crippen LogP contribution is -2.03. The first-order valence-corrected chi connectivity index (χ1v) is 9.21. The Morgan fingerprint density at radius 1 is 1.00 bits per heavy atom. The summed E-state index contributed by atoms with van der Waals surface area (Å²) in [7, 11) is 1.52. The van der Waals surface area contributed by atoms with Crippen molar-refractivity contribution in [1.82, 2.24) is 0 Å². The Morgan fingerprint density at radius 2 is 1.74 bits per heavy atom. The van der Waals surface area contributed by atoms with Crippen LogP contribution in [-0.2, 0) is 0 Å². The monoisotopic (exact) mass is 368 g/mol. The molecule has 5 heteroatoms. The second-order valence-corrected chi connectivity index (χ2v) is 6.40. The molecule has 0 radical (unpaired) electrons. The van der Waals surface area contributed by atoms with E-state index in [2.05, 4.69) is 6.92 Å². The molecule has 0 aliphatic heterocycles. The van der Waals surface area contributed by atoms with Gasteiger partial charge in [0.25, 0.3) is 0 Å². The predicted molar refractivity (Wildman–Crippen MR) is 106 cm³/mol. The van der Waals surface area contributed by atoms with E-state index in [-0.39, 0.29) is 11.1 Å². The molecule has 0 unspecified atom stereocenters. The van der Waals surface area contributed by atoms with Crippen molar-refractivity contribution in [3.05, 3.63) is 52.7 Å². The lowest BCUT2D eigenvalue weighted by atomic mass is 10.1. The van der Waals surface area contributed by atoms with E-state index >= 15 is 0 Å². The molecule has 2 aromatic carbocycles. The normalized spacial score (nSPS) is 10.9. The van der Waals surface area contributed by atoms with Crippen molar-refractivity contribution in [3.8, 4) is 28.6 Å². The summed E-state index contributed by atoms with van der Waals surface area (Å²) in [6.45, 7) is 2.86. The van der Waals surface area contributed by atoms with Gasteiger partial charge < -0.3 is 19.0 Å². The maximum Gasteiger partial charge on any atom is 0.235 e. The number of aromatic hydroxyl groups is 1. The van der Waals surface area contributed by atoms with Crippen molar-refractivity contribution >= 4 is 11.0 Å². The summed E-state index contributed by atoms with van der Waals surface area (Å²) in [5, 5.41) is 10.6. The van der Waals surface area contributed by atoms with Crippen LogP contribution >= 0.6 is 0 Å². The summed E-state index contributed by atoms with van der Waals surface area (Å²) in [6, 6.07) is 12.1. The van der Waals surface area contributed by atoms with Gasteiger partial charge in [-0.3, -0.25) is 4.79 Å². The van der Waals surface area contributed by atoms with E-state index < -0.39 is 11.2 Å². The van der Waals surface area contributed by atoms with E-state index in [1.807, 2.05) is 12.1 Å². The fraction of sp³-hybridized carbons (Fsp3) is 0.318. The van der Waals surface area contributed by atoms with Crippen LogP contribution in [0.5, 0.6) is 17.2 Å². The Balaban J connectivity index is 1.82. The quantitative estimate of drug-likeness (QED) is 0.558. The summed E-state index contributed by atoms with van der Waals surface area (Å²) >= 11 is 0. The van der Waals surface area contributed by atoms with Crippen LogP contribution in [0.25, 0.3) is 22.3 Å². The van der Waals surface area contributed by atoms with Crippen molar-refractivity contribution in [2.24, 2.45) is 0 Å². The Morgan fingerprint density at radius 3 is 2.44 bits per heavy atom. The molecular weight excluding hydrogens is 344 g/mol. The Labute approximate surface area is 158 Å². The Hall–Kier alpha value is -2.95. The molecule has 1 heterocycles. The summed E-state index contributed by atoms with van der Waals surface area (Å²) in [5.74, 6) is 1.01. The van der Waals surface area contributed by atoms with E-state index in [4.69, 9.17) is 13.9 Å². The number of methoxy groups -OCH3 is 1. The van der Waals surface area contributed by atoms with E-state index in [1.54, 1.807) is 30.3 Å². The van der Waals surface area contributed by atoms with Gasteiger partial charge in [0.2, 0.25) is 11.2 Å². The molecule has 0 amide bonds. The van der Waals surface area contributed by atoms with Gasteiger partial charge in [-0.15, -0.1) is 0 Å². The lowest BCUT2D eigenvalue weighted by Gasteiger charge is -2.09. The first-order chi connectivity index (χ1) is 13.1. The highest BCUT2D eigenvalue weighted by atomic mass is 16.5. The summed E-state index contributed by atoms with van der Waals surface area (Å²) in [6.07, 6.45) is 4.60.